The Balaban J connectivity index is 1.54. The van der Waals surface area contributed by atoms with Gasteiger partial charge in [-0.1, -0.05) is 59.5 Å². The molecule has 4 aliphatic carbocycles. The molecule has 0 amide bonds. The first-order valence-electron chi connectivity index (χ1n) is 12.6. The quantitative estimate of drug-likeness (QED) is 0.567. The topological polar surface area (TPSA) is 37.3 Å². The van der Waals surface area contributed by atoms with Crippen LogP contribution in [0.1, 0.15) is 98.8 Å². The molecule has 0 aromatic rings. The maximum atomic E-state index is 13.4. The van der Waals surface area contributed by atoms with Crippen molar-refractivity contribution in [3.8, 4) is 0 Å². The van der Waals surface area contributed by atoms with Crippen molar-refractivity contribution in [3.05, 3.63) is 11.6 Å². The van der Waals surface area contributed by atoms with Crippen LogP contribution in [0.3, 0.4) is 0 Å². The van der Waals surface area contributed by atoms with Crippen LogP contribution in [0, 0.1) is 46.3 Å². The van der Waals surface area contributed by atoms with Crippen LogP contribution in [0.4, 0.5) is 0 Å². The second kappa shape index (κ2) is 7.81. The van der Waals surface area contributed by atoms with Crippen molar-refractivity contribution in [2.24, 2.45) is 46.3 Å². The van der Waals surface area contributed by atoms with Gasteiger partial charge in [0, 0.05) is 5.92 Å². The molecule has 2 heteroatoms. The van der Waals surface area contributed by atoms with E-state index in [0.717, 1.165) is 37.0 Å². The van der Waals surface area contributed by atoms with Crippen molar-refractivity contribution in [1.29, 1.82) is 0 Å². The van der Waals surface area contributed by atoms with E-state index < -0.39 is 0 Å². The van der Waals surface area contributed by atoms with Crippen molar-refractivity contribution in [3.63, 3.8) is 0 Å². The number of ketones is 1. The summed E-state index contributed by atoms with van der Waals surface area (Å²) in [6, 6.07) is 0. The van der Waals surface area contributed by atoms with E-state index in [9.17, 15) is 9.90 Å². The highest BCUT2D eigenvalue weighted by atomic mass is 16.3. The third-order valence-corrected chi connectivity index (χ3v) is 10.1. The Hall–Kier alpha value is -0.630. The SMILES string of the molecule is CC(C)CCC[C@@H](C)[C@H]1CC[C@@H]2[C@H]3C(=O)C=C4C[C@H](O)CC[C@]4(C)[C@@H]3CC[C@@]21C. The zero-order chi connectivity index (χ0) is 21.0. The molecule has 8 atom stereocenters. The zero-order valence-electron chi connectivity index (χ0n) is 19.5. The first kappa shape index (κ1) is 21.6. The average Bonchev–Trinajstić information content (AvgIpc) is 3.00. The monoisotopic (exact) mass is 400 g/mol. The van der Waals surface area contributed by atoms with Crippen LogP contribution in [0.5, 0.6) is 0 Å². The Morgan fingerprint density at radius 3 is 2.52 bits per heavy atom. The van der Waals surface area contributed by atoms with Crippen molar-refractivity contribution >= 4 is 5.78 Å². The predicted octanol–water partition coefficient (Wildman–Crippen LogP) is 6.57. The molecule has 0 heterocycles. The molecule has 0 spiro atoms. The first-order valence-corrected chi connectivity index (χ1v) is 12.6. The molecule has 2 nitrogen and oxygen atoms in total. The Labute approximate surface area is 178 Å². The number of aliphatic hydroxyl groups excluding tert-OH is 1. The van der Waals surface area contributed by atoms with Gasteiger partial charge in [0.25, 0.3) is 0 Å². The smallest absolute Gasteiger partial charge is 0.159 e. The molecule has 1 N–H and O–H groups in total. The molecule has 164 valence electrons. The third kappa shape index (κ3) is 3.56. The molecule has 0 aliphatic heterocycles. The highest BCUT2D eigenvalue weighted by Gasteiger charge is 2.61. The fraction of sp³-hybridized carbons (Fsp3) is 0.889. The lowest BCUT2D eigenvalue weighted by atomic mass is 9.46. The van der Waals surface area contributed by atoms with Crippen LogP contribution in [-0.4, -0.2) is 17.0 Å². The van der Waals surface area contributed by atoms with E-state index in [1.165, 1.54) is 50.5 Å². The van der Waals surface area contributed by atoms with Gasteiger partial charge in [-0.2, -0.15) is 0 Å². The van der Waals surface area contributed by atoms with Gasteiger partial charge in [0.2, 0.25) is 0 Å². The Morgan fingerprint density at radius 1 is 1.03 bits per heavy atom. The number of carbonyl (C=O) groups is 1. The average molecular weight is 401 g/mol. The molecule has 0 aromatic heterocycles. The lowest BCUT2D eigenvalue weighted by Crippen LogP contribution is -2.53. The number of aliphatic hydroxyl groups is 1. The lowest BCUT2D eigenvalue weighted by molar-refractivity contribution is -0.135. The molecule has 0 radical (unpaired) electrons. The van der Waals surface area contributed by atoms with E-state index in [2.05, 4.69) is 34.6 Å². The number of hydrogen-bond donors (Lipinski definition) is 1. The summed E-state index contributed by atoms with van der Waals surface area (Å²) in [4.78, 5) is 13.4. The molecule has 4 rings (SSSR count). The van der Waals surface area contributed by atoms with Gasteiger partial charge in [-0.3, -0.25) is 4.79 Å². The van der Waals surface area contributed by atoms with Crippen LogP contribution >= 0.6 is 0 Å². The van der Waals surface area contributed by atoms with Crippen molar-refractivity contribution < 1.29 is 9.90 Å². The molecule has 4 aliphatic rings. The zero-order valence-corrected chi connectivity index (χ0v) is 19.5. The normalized spacial score (nSPS) is 45.4. The number of rotatable bonds is 5. The number of carbonyl (C=O) groups excluding carboxylic acids is 1. The summed E-state index contributed by atoms with van der Waals surface area (Å²) in [5, 5.41) is 10.2. The molecule has 3 fully saturated rings. The summed E-state index contributed by atoms with van der Waals surface area (Å²) >= 11 is 0. The van der Waals surface area contributed by atoms with Gasteiger partial charge in [0.05, 0.1) is 6.10 Å². The molecule has 0 aromatic carbocycles. The summed E-state index contributed by atoms with van der Waals surface area (Å²) in [6.07, 6.45) is 13.6. The van der Waals surface area contributed by atoms with Gasteiger partial charge in [-0.05, 0) is 91.4 Å². The van der Waals surface area contributed by atoms with E-state index in [-0.39, 0.29) is 17.4 Å². The molecule has 29 heavy (non-hydrogen) atoms. The molecule has 0 saturated heterocycles. The summed E-state index contributed by atoms with van der Waals surface area (Å²) in [5.41, 5.74) is 1.77. The second-order valence-electron chi connectivity index (χ2n) is 12.2. The van der Waals surface area contributed by atoms with Gasteiger partial charge in [0.1, 0.15) is 0 Å². The van der Waals surface area contributed by atoms with Crippen LogP contribution in [0.2, 0.25) is 0 Å². The Bertz CT molecular complexity index is 663. The van der Waals surface area contributed by atoms with Gasteiger partial charge in [-0.15, -0.1) is 0 Å². The summed E-state index contributed by atoms with van der Waals surface area (Å²) in [6.45, 7) is 12.1. The third-order valence-electron chi connectivity index (χ3n) is 10.1. The summed E-state index contributed by atoms with van der Waals surface area (Å²) in [5.74, 6) is 4.11. The van der Waals surface area contributed by atoms with Crippen LogP contribution in [0.15, 0.2) is 11.6 Å². The van der Waals surface area contributed by atoms with Crippen molar-refractivity contribution in [2.75, 3.05) is 0 Å². The minimum atomic E-state index is -0.241. The van der Waals surface area contributed by atoms with Crippen molar-refractivity contribution in [2.45, 2.75) is 105 Å². The number of allylic oxidation sites excluding steroid dienone is 1. The van der Waals surface area contributed by atoms with Gasteiger partial charge < -0.3 is 5.11 Å². The second-order valence-corrected chi connectivity index (χ2v) is 12.2. The minimum Gasteiger partial charge on any atom is -0.393 e. The van der Waals surface area contributed by atoms with Gasteiger partial charge in [0.15, 0.2) is 5.78 Å². The minimum absolute atomic E-state index is 0.153. The fourth-order valence-electron chi connectivity index (χ4n) is 8.41. The molecular formula is C27H44O2. The van der Waals surface area contributed by atoms with Crippen molar-refractivity contribution in [1.82, 2.24) is 0 Å². The Kier molecular flexibility index (Phi) is 5.82. The standard InChI is InChI=1S/C27H44O2/c1-17(2)7-6-8-18(3)21-9-10-22-25-23(12-14-27(21,22)5)26(4)13-11-20(28)15-19(26)16-24(25)29/h16-18,20-23,25,28H,6-15H2,1-5H3/t18-,20-,21-,22-,23-,25-,26+,27-/m1/s1. The van der Waals surface area contributed by atoms with E-state index >= 15 is 0 Å². The fourth-order valence-corrected chi connectivity index (χ4v) is 8.41. The summed E-state index contributed by atoms with van der Waals surface area (Å²) < 4.78 is 0. The van der Waals surface area contributed by atoms with Crippen LogP contribution in [-0.2, 0) is 4.79 Å². The van der Waals surface area contributed by atoms with E-state index in [0.29, 0.717) is 23.0 Å². The van der Waals surface area contributed by atoms with E-state index in [1.807, 2.05) is 6.08 Å². The highest BCUT2D eigenvalue weighted by molar-refractivity contribution is 5.94. The number of fused-ring (bicyclic) bond motifs is 5. The molecule has 0 unspecified atom stereocenters. The van der Waals surface area contributed by atoms with E-state index in [1.54, 1.807) is 0 Å². The molecule has 0 bridgehead atoms. The van der Waals surface area contributed by atoms with Gasteiger partial charge in [-0.25, -0.2) is 0 Å². The van der Waals surface area contributed by atoms with Crippen LogP contribution in [0.25, 0.3) is 0 Å². The highest BCUT2D eigenvalue weighted by Crippen LogP contribution is 2.66. The van der Waals surface area contributed by atoms with Crippen LogP contribution < -0.4 is 0 Å². The largest absolute Gasteiger partial charge is 0.393 e. The first-order chi connectivity index (χ1) is 13.7. The Morgan fingerprint density at radius 2 is 1.79 bits per heavy atom. The van der Waals surface area contributed by atoms with Gasteiger partial charge >= 0.3 is 0 Å². The maximum absolute atomic E-state index is 13.4. The maximum Gasteiger partial charge on any atom is 0.159 e. The molecular weight excluding hydrogens is 356 g/mol. The lowest BCUT2D eigenvalue weighted by Gasteiger charge is -2.57. The predicted molar refractivity (Wildman–Crippen MR) is 119 cm³/mol. The van der Waals surface area contributed by atoms with E-state index in [4.69, 9.17) is 0 Å². The molecule has 3 saturated carbocycles. The summed E-state index contributed by atoms with van der Waals surface area (Å²) in [7, 11) is 0. The number of hydrogen-bond acceptors (Lipinski definition) is 2.